The van der Waals surface area contributed by atoms with Gasteiger partial charge >= 0.3 is 5.97 Å². The molecule has 1 atom stereocenters. The number of nitrogens with two attached hydrogens (primary N) is 1. The van der Waals surface area contributed by atoms with Gasteiger partial charge in [0.25, 0.3) is 0 Å². The fourth-order valence-corrected chi connectivity index (χ4v) is 1.04. The normalized spacial score (nSPS) is 21.6. The second kappa shape index (κ2) is 3.41. The second-order valence-electron chi connectivity index (χ2n) is 3.46. The summed E-state index contributed by atoms with van der Waals surface area (Å²) in [5, 5.41) is 8.45. The molecule has 11 heavy (non-hydrogen) atoms. The topological polar surface area (TPSA) is 63.3 Å². The second-order valence-corrected chi connectivity index (χ2v) is 3.46. The van der Waals surface area contributed by atoms with E-state index in [-0.39, 0.29) is 17.8 Å². The van der Waals surface area contributed by atoms with Gasteiger partial charge in [0.05, 0.1) is 0 Å². The molecule has 1 aliphatic carbocycles. The quantitative estimate of drug-likeness (QED) is 0.680. The summed E-state index contributed by atoms with van der Waals surface area (Å²) in [6.07, 6.45) is 2.89. The lowest BCUT2D eigenvalue weighted by atomic mass is 10.0. The molecule has 1 saturated carbocycles. The minimum absolute atomic E-state index is 0. The molecule has 0 spiro atoms. The predicted molar refractivity (Wildman–Crippen MR) is 44.8 cm³/mol. The summed E-state index contributed by atoms with van der Waals surface area (Å²) in [5.74, 6) is -0.881. The lowest BCUT2D eigenvalue weighted by Gasteiger charge is -2.10. The minimum atomic E-state index is -0.881. The van der Waals surface area contributed by atoms with Crippen LogP contribution in [-0.4, -0.2) is 17.1 Å². The van der Waals surface area contributed by atoms with Crippen LogP contribution in [0.4, 0.5) is 0 Å². The molecule has 3 N–H and O–H groups in total. The zero-order valence-corrected chi connectivity index (χ0v) is 7.36. The summed E-state index contributed by atoms with van der Waals surface area (Å²) in [6.45, 7) is 2.08. The first-order chi connectivity index (χ1) is 4.53. The molecule has 0 amide bonds. The Bertz CT molecular complexity index is 157. The van der Waals surface area contributed by atoms with Gasteiger partial charge in [-0.3, -0.25) is 4.79 Å². The largest absolute Gasteiger partial charge is 0.480 e. The van der Waals surface area contributed by atoms with E-state index in [2.05, 4.69) is 6.92 Å². The van der Waals surface area contributed by atoms with E-state index in [1.54, 1.807) is 0 Å². The van der Waals surface area contributed by atoms with E-state index in [0.29, 0.717) is 6.42 Å². The summed E-state index contributed by atoms with van der Waals surface area (Å²) in [6, 6.07) is -0.660. The average molecular weight is 180 g/mol. The van der Waals surface area contributed by atoms with Crippen LogP contribution in [0.25, 0.3) is 0 Å². The monoisotopic (exact) mass is 179 g/mol. The predicted octanol–water partition coefficient (Wildman–Crippen LogP) is 1.01. The lowest BCUT2D eigenvalue weighted by Crippen LogP contribution is -2.32. The Hall–Kier alpha value is -0.280. The van der Waals surface area contributed by atoms with Crippen LogP contribution in [0.1, 0.15) is 26.2 Å². The van der Waals surface area contributed by atoms with E-state index >= 15 is 0 Å². The third-order valence-electron chi connectivity index (χ3n) is 2.13. The Kier molecular flexibility index (Phi) is 3.32. The smallest absolute Gasteiger partial charge is 0.320 e. The lowest BCUT2D eigenvalue weighted by molar-refractivity contribution is -0.139. The summed E-state index contributed by atoms with van der Waals surface area (Å²) in [5.41, 5.74) is 5.59. The van der Waals surface area contributed by atoms with Gasteiger partial charge < -0.3 is 10.8 Å². The molecule has 1 rings (SSSR count). The Labute approximate surface area is 72.4 Å². The van der Waals surface area contributed by atoms with Gasteiger partial charge in [-0.25, -0.2) is 0 Å². The van der Waals surface area contributed by atoms with E-state index in [1.165, 1.54) is 0 Å². The molecule has 0 bridgehead atoms. The molecule has 3 nitrogen and oxygen atoms in total. The number of halogens is 1. The van der Waals surface area contributed by atoms with Gasteiger partial charge in [-0.05, 0) is 24.7 Å². The highest BCUT2D eigenvalue weighted by Crippen LogP contribution is 2.48. The van der Waals surface area contributed by atoms with Crippen molar-refractivity contribution >= 4 is 18.4 Å². The van der Waals surface area contributed by atoms with E-state index < -0.39 is 12.0 Å². The van der Waals surface area contributed by atoms with Crippen molar-refractivity contribution in [2.45, 2.75) is 32.2 Å². The molecule has 0 aromatic rings. The highest BCUT2D eigenvalue weighted by atomic mass is 35.5. The number of carbonyl (C=O) groups is 1. The van der Waals surface area contributed by atoms with Crippen LogP contribution in [0, 0.1) is 5.41 Å². The van der Waals surface area contributed by atoms with Crippen molar-refractivity contribution in [2.24, 2.45) is 11.1 Å². The summed E-state index contributed by atoms with van der Waals surface area (Å²) >= 11 is 0. The molecule has 66 valence electrons. The van der Waals surface area contributed by atoms with Crippen molar-refractivity contribution in [2.75, 3.05) is 0 Å². The van der Waals surface area contributed by atoms with Gasteiger partial charge in [-0.1, -0.05) is 6.92 Å². The molecular formula is C7H14ClNO2. The summed E-state index contributed by atoms with van der Waals surface area (Å²) < 4.78 is 0. The van der Waals surface area contributed by atoms with E-state index in [9.17, 15) is 4.79 Å². The van der Waals surface area contributed by atoms with Crippen molar-refractivity contribution in [1.29, 1.82) is 0 Å². The standard InChI is InChI=1S/C7H13NO2.ClH/c1-7(2-3-7)4-5(8)6(9)10;/h5H,2-4,8H2,1H3,(H,9,10);1H. The average Bonchev–Trinajstić information content (AvgIpc) is 2.47. The van der Waals surface area contributed by atoms with Crippen molar-refractivity contribution in [1.82, 2.24) is 0 Å². The van der Waals surface area contributed by atoms with E-state index in [0.717, 1.165) is 12.8 Å². The van der Waals surface area contributed by atoms with Crippen LogP contribution < -0.4 is 5.73 Å². The van der Waals surface area contributed by atoms with Crippen molar-refractivity contribution in [3.05, 3.63) is 0 Å². The Balaban J connectivity index is 0.000001000. The maximum atomic E-state index is 10.3. The third kappa shape index (κ3) is 3.08. The molecule has 0 radical (unpaired) electrons. The molecule has 0 heterocycles. The minimum Gasteiger partial charge on any atom is -0.480 e. The van der Waals surface area contributed by atoms with E-state index in [4.69, 9.17) is 10.8 Å². The SMILES string of the molecule is CC1(CC(N)C(=O)O)CC1.Cl. The molecule has 0 aliphatic heterocycles. The fraction of sp³-hybridized carbons (Fsp3) is 0.857. The van der Waals surface area contributed by atoms with Crippen LogP contribution in [-0.2, 0) is 4.79 Å². The van der Waals surface area contributed by atoms with Crippen molar-refractivity contribution in [3.8, 4) is 0 Å². The molecular weight excluding hydrogens is 166 g/mol. The van der Waals surface area contributed by atoms with Crippen LogP contribution in [0.2, 0.25) is 0 Å². The Morgan fingerprint density at radius 1 is 1.73 bits per heavy atom. The number of hydrogen-bond acceptors (Lipinski definition) is 2. The number of carboxylic acids is 1. The van der Waals surface area contributed by atoms with Crippen LogP contribution in [0.3, 0.4) is 0 Å². The first-order valence-electron chi connectivity index (χ1n) is 3.52. The maximum absolute atomic E-state index is 10.3. The highest BCUT2D eigenvalue weighted by molar-refractivity contribution is 5.85. The van der Waals surface area contributed by atoms with E-state index in [1.807, 2.05) is 0 Å². The number of aliphatic carboxylic acids is 1. The Morgan fingerprint density at radius 3 is 2.45 bits per heavy atom. The highest BCUT2D eigenvalue weighted by Gasteiger charge is 2.39. The number of carboxylic acid groups (broad SMARTS) is 1. The zero-order valence-electron chi connectivity index (χ0n) is 6.54. The number of hydrogen-bond donors (Lipinski definition) is 2. The molecule has 0 aromatic heterocycles. The third-order valence-corrected chi connectivity index (χ3v) is 2.13. The first-order valence-corrected chi connectivity index (χ1v) is 3.52. The molecule has 1 aliphatic rings. The van der Waals surface area contributed by atoms with Gasteiger partial charge in [0.1, 0.15) is 6.04 Å². The van der Waals surface area contributed by atoms with Crippen LogP contribution >= 0.6 is 12.4 Å². The number of rotatable bonds is 3. The summed E-state index contributed by atoms with van der Waals surface area (Å²) in [4.78, 5) is 10.3. The first kappa shape index (κ1) is 10.7. The molecule has 0 aromatic carbocycles. The van der Waals surface area contributed by atoms with Gasteiger partial charge in [0.2, 0.25) is 0 Å². The van der Waals surface area contributed by atoms with Gasteiger partial charge in [0.15, 0.2) is 0 Å². The zero-order chi connectivity index (χ0) is 7.78. The van der Waals surface area contributed by atoms with Crippen molar-refractivity contribution in [3.63, 3.8) is 0 Å². The molecule has 4 heteroatoms. The maximum Gasteiger partial charge on any atom is 0.320 e. The van der Waals surface area contributed by atoms with Gasteiger partial charge in [0, 0.05) is 0 Å². The molecule has 1 fully saturated rings. The fourth-order valence-electron chi connectivity index (χ4n) is 1.04. The van der Waals surface area contributed by atoms with Crippen molar-refractivity contribution < 1.29 is 9.90 Å². The van der Waals surface area contributed by atoms with Crippen LogP contribution in [0.5, 0.6) is 0 Å². The van der Waals surface area contributed by atoms with Crippen LogP contribution in [0.15, 0.2) is 0 Å². The van der Waals surface area contributed by atoms with Gasteiger partial charge in [-0.2, -0.15) is 0 Å². The summed E-state index contributed by atoms with van der Waals surface area (Å²) in [7, 11) is 0. The van der Waals surface area contributed by atoms with Gasteiger partial charge in [-0.15, -0.1) is 12.4 Å². The molecule has 1 unspecified atom stereocenters. The Morgan fingerprint density at radius 2 is 2.18 bits per heavy atom. The molecule has 0 saturated heterocycles.